The summed E-state index contributed by atoms with van der Waals surface area (Å²) in [6.45, 7) is 4.08. The van der Waals surface area contributed by atoms with Gasteiger partial charge >= 0.3 is 5.97 Å². The molecule has 1 fully saturated rings. The third kappa shape index (κ3) is 1.62. The zero-order chi connectivity index (χ0) is 11.8. The SMILES string of the molecule is CC(C)n1cc(C2(C(=O)O)CCCC2)cn1. The molecule has 1 saturated carbocycles. The van der Waals surface area contributed by atoms with Crippen LogP contribution in [0.5, 0.6) is 0 Å². The zero-order valence-corrected chi connectivity index (χ0v) is 9.81. The van der Waals surface area contributed by atoms with Gasteiger partial charge in [-0.3, -0.25) is 9.48 Å². The molecule has 0 bridgehead atoms. The van der Waals surface area contributed by atoms with E-state index in [-0.39, 0.29) is 6.04 Å². The van der Waals surface area contributed by atoms with E-state index in [1.54, 1.807) is 6.20 Å². The minimum absolute atomic E-state index is 0.279. The smallest absolute Gasteiger partial charge is 0.314 e. The van der Waals surface area contributed by atoms with Crippen LogP contribution < -0.4 is 0 Å². The maximum absolute atomic E-state index is 11.5. The van der Waals surface area contributed by atoms with Crippen LogP contribution in [0.2, 0.25) is 0 Å². The maximum atomic E-state index is 11.5. The van der Waals surface area contributed by atoms with Gasteiger partial charge in [0.1, 0.15) is 0 Å². The predicted octanol–water partition coefficient (Wildman–Crippen LogP) is 2.36. The van der Waals surface area contributed by atoms with Crippen molar-refractivity contribution in [3.05, 3.63) is 18.0 Å². The average Bonchev–Trinajstić information content (AvgIpc) is 2.87. The van der Waals surface area contributed by atoms with E-state index in [0.717, 1.165) is 31.2 Å². The molecule has 0 unspecified atom stereocenters. The number of carboxylic acids is 1. The van der Waals surface area contributed by atoms with E-state index in [1.165, 1.54) is 0 Å². The summed E-state index contributed by atoms with van der Waals surface area (Å²) >= 11 is 0. The average molecular weight is 222 g/mol. The van der Waals surface area contributed by atoms with Crippen molar-refractivity contribution in [2.75, 3.05) is 0 Å². The molecule has 2 rings (SSSR count). The number of hydrogen-bond donors (Lipinski definition) is 1. The summed E-state index contributed by atoms with van der Waals surface area (Å²) in [4.78, 5) is 11.5. The molecule has 16 heavy (non-hydrogen) atoms. The Kier molecular flexibility index (Phi) is 2.74. The van der Waals surface area contributed by atoms with E-state index < -0.39 is 11.4 Å². The van der Waals surface area contributed by atoms with Crippen LogP contribution in [0, 0.1) is 0 Å². The Morgan fingerprint density at radius 2 is 2.12 bits per heavy atom. The van der Waals surface area contributed by atoms with Crippen LogP contribution in [0.15, 0.2) is 12.4 Å². The Morgan fingerprint density at radius 1 is 1.50 bits per heavy atom. The fourth-order valence-electron chi connectivity index (χ4n) is 2.47. The van der Waals surface area contributed by atoms with Gasteiger partial charge in [-0.15, -0.1) is 0 Å². The van der Waals surface area contributed by atoms with Crippen LogP contribution in [0.4, 0.5) is 0 Å². The number of carboxylic acid groups (broad SMARTS) is 1. The third-order valence-electron chi connectivity index (χ3n) is 3.55. The van der Waals surface area contributed by atoms with Crippen LogP contribution in [-0.2, 0) is 10.2 Å². The Labute approximate surface area is 95.3 Å². The second kappa shape index (κ2) is 3.92. The van der Waals surface area contributed by atoms with Crippen molar-refractivity contribution in [3.63, 3.8) is 0 Å². The Morgan fingerprint density at radius 3 is 2.56 bits per heavy atom. The van der Waals surface area contributed by atoms with E-state index in [9.17, 15) is 9.90 Å². The highest BCUT2D eigenvalue weighted by molar-refractivity contribution is 5.81. The van der Waals surface area contributed by atoms with Gasteiger partial charge in [0.2, 0.25) is 0 Å². The van der Waals surface area contributed by atoms with Crippen LogP contribution in [0.1, 0.15) is 51.1 Å². The minimum atomic E-state index is -0.701. The quantitative estimate of drug-likeness (QED) is 0.854. The lowest BCUT2D eigenvalue weighted by molar-refractivity contribution is -0.143. The number of aromatic nitrogens is 2. The lowest BCUT2D eigenvalue weighted by Gasteiger charge is -2.21. The van der Waals surface area contributed by atoms with Gasteiger partial charge in [0.15, 0.2) is 0 Å². The molecule has 0 atom stereocenters. The fourth-order valence-corrected chi connectivity index (χ4v) is 2.47. The summed E-state index contributed by atoms with van der Waals surface area (Å²) in [5.41, 5.74) is 0.193. The molecule has 1 aliphatic carbocycles. The molecule has 88 valence electrons. The Hall–Kier alpha value is -1.32. The molecule has 1 heterocycles. The molecule has 1 aromatic heterocycles. The molecule has 0 amide bonds. The van der Waals surface area contributed by atoms with Crippen molar-refractivity contribution in [1.29, 1.82) is 0 Å². The van der Waals surface area contributed by atoms with Crippen molar-refractivity contribution in [1.82, 2.24) is 9.78 Å². The maximum Gasteiger partial charge on any atom is 0.314 e. The lowest BCUT2D eigenvalue weighted by Crippen LogP contribution is -2.32. The van der Waals surface area contributed by atoms with Gasteiger partial charge in [-0.05, 0) is 26.7 Å². The summed E-state index contributed by atoms with van der Waals surface area (Å²) in [7, 11) is 0. The van der Waals surface area contributed by atoms with Gasteiger partial charge in [-0.1, -0.05) is 12.8 Å². The topological polar surface area (TPSA) is 55.1 Å². The monoisotopic (exact) mass is 222 g/mol. The van der Waals surface area contributed by atoms with Crippen molar-refractivity contribution in [2.24, 2.45) is 0 Å². The summed E-state index contributed by atoms with van der Waals surface area (Å²) in [6.07, 6.45) is 7.10. The third-order valence-corrected chi connectivity index (χ3v) is 3.55. The van der Waals surface area contributed by atoms with Crippen molar-refractivity contribution in [3.8, 4) is 0 Å². The lowest BCUT2D eigenvalue weighted by atomic mass is 9.81. The Bertz CT molecular complexity index is 389. The highest BCUT2D eigenvalue weighted by Crippen LogP contribution is 2.41. The number of rotatable bonds is 3. The minimum Gasteiger partial charge on any atom is -0.481 e. The molecule has 4 nitrogen and oxygen atoms in total. The first-order valence-electron chi connectivity index (χ1n) is 5.84. The normalized spacial score (nSPS) is 19.2. The first kappa shape index (κ1) is 11.2. The van der Waals surface area contributed by atoms with Gasteiger partial charge in [-0.2, -0.15) is 5.10 Å². The van der Waals surface area contributed by atoms with Gasteiger partial charge in [0.05, 0.1) is 11.6 Å². The fraction of sp³-hybridized carbons (Fsp3) is 0.667. The zero-order valence-electron chi connectivity index (χ0n) is 9.81. The second-order valence-electron chi connectivity index (χ2n) is 4.90. The number of aliphatic carboxylic acids is 1. The van der Waals surface area contributed by atoms with Gasteiger partial charge in [0.25, 0.3) is 0 Å². The van der Waals surface area contributed by atoms with E-state index in [1.807, 2.05) is 24.7 Å². The number of nitrogens with zero attached hydrogens (tertiary/aromatic N) is 2. The molecule has 1 N–H and O–H groups in total. The van der Waals surface area contributed by atoms with Gasteiger partial charge < -0.3 is 5.11 Å². The largest absolute Gasteiger partial charge is 0.481 e. The van der Waals surface area contributed by atoms with Crippen molar-refractivity contribution >= 4 is 5.97 Å². The highest BCUT2D eigenvalue weighted by Gasteiger charge is 2.43. The van der Waals surface area contributed by atoms with E-state index in [4.69, 9.17) is 0 Å². The first-order valence-corrected chi connectivity index (χ1v) is 5.84. The Balaban J connectivity index is 2.36. The van der Waals surface area contributed by atoms with Gasteiger partial charge in [0, 0.05) is 17.8 Å². The molecular weight excluding hydrogens is 204 g/mol. The highest BCUT2D eigenvalue weighted by atomic mass is 16.4. The molecule has 4 heteroatoms. The number of carbonyl (C=O) groups is 1. The summed E-state index contributed by atoms with van der Waals surface area (Å²) in [5, 5.41) is 13.7. The van der Waals surface area contributed by atoms with E-state index >= 15 is 0 Å². The number of hydrogen-bond acceptors (Lipinski definition) is 2. The molecule has 0 saturated heterocycles. The molecule has 0 aliphatic heterocycles. The summed E-state index contributed by atoms with van der Waals surface area (Å²) < 4.78 is 1.83. The molecule has 1 aliphatic rings. The van der Waals surface area contributed by atoms with Gasteiger partial charge in [-0.25, -0.2) is 0 Å². The van der Waals surface area contributed by atoms with Crippen LogP contribution >= 0.6 is 0 Å². The van der Waals surface area contributed by atoms with Crippen LogP contribution in [0.3, 0.4) is 0 Å². The predicted molar refractivity (Wildman–Crippen MR) is 60.4 cm³/mol. The first-order chi connectivity index (χ1) is 7.56. The molecule has 0 spiro atoms. The van der Waals surface area contributed by atoms with E-state index in [0.29, 0.717) is 0 Å². The summed E-state index contributed by atoms with van der Waals surface area (Å²) in [5.74, 6) is -0.701. The van der Waals surface area contributed by atoms with Crippen molar-refractivity contribution in [2.45, 2.75) is 51.0 Å². The van der Waals surface area contributed by atoms with E-state index in [2.05, 4.69) is 5.10 Å². The second-order valence-corrected chi connectivity index (χ2v) is 4.90. The van der Waals surface area contributed by atoms with Crippen LogP contribution in [0.25, 0.3) is 0 Å². The van der Waals surface area contributed by atoms with Crippen LogP contribution in [-0.4, -0.2) is 20.9 Å². The van der Waals surface area contributed by atoms with Crippen molar-refractivity contribution < 1.29 is 9.90 Å². The molecule has 0 aromatic carbocycles. The standard InChI is InChI=1S/C12H18N2O2/c1-9(2)14-8-10(7-13-14)12(11(15)16)5-3-4-6-12/h7-9H,3-6H2,1-2H3,(H,15,16). The molecule has 1 aromatic rings. The molecule has 0 radical (unpaired) electrons. The molecular formula is C12H18N2O2. The summed E-state index contributed by atoms with van der Waals surface area (Å²) in [6, 6.07) is 0.279.